The van der Waals surface area contributed by atoms with Crippen LogP contribution in [0.5, 0.6) is 0 Å². The van der Waals surface area contributed by atoms with E-state index in [2.05, 4.69) is 0 Å². The summed E-state index contributed by atoms with van der Waals surface area (Å²) in [6.07, 6.45) is 0.984. The van der Waals surface area contributed by atoms with Crippen LogP contribution >= 0.6 is 0 Å². The number of halogens is 3. The quantitative estimate of drug-likeness (QED) is 0.834. The SMILES string of the molecule is NC1(CCN2CCCC(C(F)(F)F)C2)CCC1. The fourth-order valence-electron chi connectivity index (χ4n) is 2.79. The zero-order valence-corrected chi connectivity index (χ0v) is 10.1. The third kappa shape index (κ3) is 3.35. The molecule has 1 heterocycles. The van der Waals surface area contributed by atoms with E-state index in [1.54, 1.807) is 0 Å². The molecule has 1 aliphatic heterocycles. The van der Waals surface area contributed by atoms with Gasteiger partial charge in [-0.15, -0.1) is 0 Å². The maximum Gasteiger partial charge on any atom is 0.393 e. The van der Waals surface area contributed by atoms with Gasteiger partial charge in [0.2, 0.25) is 0 Å². The number of rotatable bonds is 3. The van der Waals surface area contributed by atoms with Gasteiger partial charge in [-0.2, -0.15) is 13.2 Å². The van der Waals surface area contributed by atoms with Crippen LogP contribution in [0.25, 0.3) is 0 Å². The third-order valence-electron chi connectivity index (χ3n) is 4.24. The van der Waals surface area contributed by atoms with Crippen molar-refractivity contribution in [2.45, 2.75) is 50.2 Å². The number of hydrogen-bond acceptors (Lipinski definition) is 2. The molecule has 0 aromatic carbocycles. The van der Waals surface area contributed by atoms with Gasteiger partial charge in [0.25, 0.3) is 0 Å². The van der Waals surface area contributed by atoms with Crippen LogP contribution in [-0.4, -0.2) is 36.2 Å². The van der Waals surface area contributed by atoms with Gasteiger partial charge in [0.15, 0.2) is 0 Å². The molecular weight excluding hydrogens is 229 g/mol. The van der Waals surface area contributed by atoms with E-state index in [-0.39, 0.29) is 18.5 Å². The van der Waals surface area contributed by atoms with Crippen LogP contribution in [0, 0.1) is 5.92 Å². The van der Waals surface area contributed by atoms with E-state index in [0.29, 0.717) is 6.42 Å². The van der Waals surface area contributed by atoms with Gasteiger partial charge >= 0.3 is 6.18 Å². The first-order valence-corrected chi connectivity index (χ1v) is 6.47. The van der Waals surface area contributed by atoms with Crippen molar-refractivity contribution >= 4 is 0 Å². The molecule has 1 saturated carbocycles. The van der Waals surface area contributed by atoms with Gasteiger partial charge in [-0.05, 0) is 51.6 Å². The van der Waals surface area contributed by atoms with E-state index < -0.39 is 12.1 Å². The van der Waals surface area contributed by atoms with Gasteiger partial charge in [0, 0.05) is 12.1 Å². The molecule has 0 amide bonds. The normalized spacial score (nSPS) is 30.0. The van der Waals surface area contributed by atoms with E-state index in [4.69, 9.17) is 5.73 Å². The Morgan fingerprint density at radius 2 is 1.94 bits per heavy atom. The molecular formula is C12H21F3N2. The van der Waals surface area contributed by atoms with Crippen molar-refractivity contribution in [1.82, 2.24) is 4.90 Å². The van der Waals surface area contributed by atoms with E-state index in [1.807, 2.05) is 4.90 Å². The molecule has 0 bridgehead atoms. The molecule has 2 N–H and O–H groups in total. The van der Waals surface area contributed by atoms with Crippen molar-refractivity contribution in [2.75, 3.05) is 19.6 Å². The summed E-state index contributed by atoms with van der Waals surface area (Å²) in [6.45, 7) is 1.69. The summed E-state index contributed by atoms with van der Waals surface area (Å²) in [4.78, 5) is 1.94. The van der Waals surface area contributed by atoms with Crippen molar-refractivity contribution in [1.29, 1.82) is 0 Å². The van der Waals surface area contributed by atoms with Gasteiger partial charge in [0.1, 0.15) is 0 Å². The van der Waals surface area contributed by atoms with Crippen LogP contribution in [0.3, 0.4) is 0 Å². The molecule has 1 unspecified atom stereocenters. The second-order valence-corrected chi connectivity index (χ2v) is 5.65. The van der Waals surface area contributed by atoms with Gasteiger partial charge < -0.3 is 10.6 Å². The average Bonchev–Trinajstić information content (AvgIpc) is 2.23. The standard InChI is InChI=1S/C12H21F3N2/c13-12(14,15)10-3-1-7-17(9-10)8-6-11(16)4-2-5-11/h10H,1-9,16H2. The minimum atomic E-state index is -4.03. The van der Waals surface area contributed by atoms with Crippen molar-refractivity contribution < 1.29 is 13.2 Å². The lowest BCUT2D eigenvalue weighted by molar-refractivity contribution is -0.186. The summed E-state index contributed by atoms with van der Waals surface area (Å²) in [5, 5.41) is 0. The minimum Gasteiger partial charge on any atom is -0.325 e. The Kier molecular flexibility index (Phi) is 3.69. The molecule has 0 radical (unpaired) electrons. The highest BCUT2D eigenvalue weighted by molar-refractivity contribution is 4.93. The first-order valence-electron chi connectivity index (χ1n) is 6.47. The van der Waals surface area contributed by atoms with Gasteiger partial charge in [0.05, 0.1) is 5.92 Å². The predicted molar refractivity (Wildman–Crippen MR) is 60.6 cm³/mol. The van der Waals surface area contributed by atoms with Crippen LogP contribution in [-0.2, 0) is 0 Å². The van der Waals surface area contributed by atoms with Crippen LogP contribution in [0.1, 0.15) is 38.5 Å². The zero-order chi connectivity index (χ0) is 12.5. The lowest BCUT2D eigenvalue weighted by Gasteiger charge is -2.41. The summed E-state index contributed by atoms with van der Waals surface area (Å²) in [5.74, 6) is -1.13. The Hall–Kier alpha value is -0.290. The number of hydrogen-bond donors (Lipinski definition) is 1. The summed E-state index contributed by atoms with van der Waals surface area (Å²) < 4.78 is 37.8. The number of alkyl halides is 3. The molecule has 0 aromatic heterocycles. The van der Waals surface area contributed by atoms with Gasteiger partial charge in [-0.3, -0.25) is 0 Å². The number of likely N-dealkylation sites (tertiary alicyclic amines) is 1. The predicted octanol–water partition coefficient (Wildman–Crippen LogP) is 2.53. The summed E-state index contributed by atoms with van der Waals surface area (Å²) >= 11 is 0. The third-order valence-corrected chi connectivity index (χ3v) is 4.24. The van der Waals surface area contributed by atoms with Gasteiger partial charge in [-0.1, -0.05) is 0 Å². The lowest BCUT2D eigenvalue weighted by Crippen LogP contribution is -2.50. The average molecular weight is 250 g/mol. The summed E-state index contributed by atoms with van der Waals surface area (Å²) in [7, 11) is 0. The molecule has 1 atom stereocenters. The molecule has 1 saturated heterocycles. The molecule has 100 valence electrons. The van der Waals surface area contributed by atoms with Crippen molar-refractivity contribution in [3.05, 3.63) is 0 Å². The molecule has 1 aliphatic carbocycles. The van der Waals surface area contributed by atoms with Crippen molar-refractivity contribution in [2.24, 2.45) is 11.7 Å². The molecule has 0 aromatic rings. The monoisotopic (exact) mass is 250 g/mol. The first kappa shape index (κ1) is 13.1. The molecule has 5 heteroatoms. The van der Waals surface area contributed by atoms with E-state index in [0.717, 1.165) is 32.4 Å². The summed E-state index contributed by atoms with van der Waals surface area (Å²) in [5.41, 5.74) is 6.01. The Balaban J connectivity index is 1.77. The van der Waals surface area contributed by atoms with E-state index in [9.17, 15) is 13.2 Å². The van der Waals surface area contributed by atoms with Gasteiger partial charge in [-0.25, -0.2) is 0 Å². The molecule has 17 heavy (non-hydrogen) atoms. The Labute approximate surface area is 100 Å². The van der Waals surface area contributed by atoms with Crippen LogP contribution in [0.2, 0.25) is 0 Å². The first-order chi connectivity index (χ1) is 7.89. The largest absolute Gasteiger partial charge is 0.393 e. The summed E-state index contributed by atoms with van der Waals surface area (Å²) in [6, 6.07) is 0. The van der Waals surface area contributed by atoms with Crippen LogP contribution in [0.15, 0.2) is 0 Å². The lowest BCUT2D eigenvalue weighted by atomic mass is 9.75. The second-order valence-electron chi connectivity index (χ2n) is 5.65. The van der Waals surface area contributed by atoms with E-state index >= 15 is 0 Å². The molecule has 2 aliphatic rings. The van der Waals surface area contributed by atoms with Crippen LogP contribution in [0.4, 0.5) is 13.2 Å². The molecule has 2 nitrogen and oxygen atoms in total. The molecule has 0 spiro atoms. The van der Waals surface area contributed by atoms with Crippen LogP contribution < -0.4 is 5.73 Å². The fraction of sp³-hybridized carbons (Fsp3) is 1.00. The number of nitrogens with two attached hydrogens (primary N) is 1. The topological polar surface area (TPSA) is 29.3 Å². The number of nitrogens with zero attached hydrogens (tertiary/aromatic N) is 1. The Bertz CT molecular complexity index is 261. The van der Waals surface area contributed by atoms with Crippen molar-refractivity contribution in [3.63, 3.8) is 0 Å². The highest BCUT2D eigenvalue weighted by atomic mass is 19.4. The van der Waals surface area contributed by atoms with E-state index in [1.165, 1.54) is 6.42 Å². The number of piperidine rings is 1. The fourth-order valence-corrected chi connectivity index (χ4v) is 2.79. The zero-order valence-electron chi connectivity index (χ0n) is 10.1. The maximum absolute atomic E-state index is 12.6. The van der Waals surface area contributed by atoms with Crippen molar-refractivity contribution in [3.8, 4) is 0 Å². The highest BCUT2D eigenvalue weighted by Crippen LogP contribution is 2.35. The Morgan fingerprint density at radius 1 is 1.24 bits per heavy atom. The minimum absolute atomic E-state index is 0.0782. The molecule has 2 rings (SSSR count). The second kappa shape index (κ2) is 4.76. The highest BCUT2D eigenvalue weighted by Gasteiger charge is 2.42. The maximum atomic E-state index is 12.6. The smallest absolute Gasteiger partial charge is 0.325 e. The Morgan fingerprint density at radius 3 is 2.47 bits per heavy atom. The molecule has 2 fully saturated rings.